The Morgan fingerprint density at radius 1 is 1.04 bits per heavy atom. The van der Waals surface area contributed by atoms with E-state index in [2.05, 4.69) is 10.6 Å². The number of carbonyl (C=O) groups is 1. The van der Waals surface area contributed by atoms with Gasteiger partial charge < -0.3 is 29.3 Å². The number of nitrogens with one attached hydrogen (secondary N) is 2. The van der Waals surface area contributed by atoms with Crippen molar-refractivity contribution in [1.82, 2.24) is 5.32 Å². The molecular formula is C20H18N2O5. The topological polar surface area (TPSA) is 82.0 Å². The molecular weight excluding hydrogens is 348 g/mol. The third kappa shape index (κ3) is 4.33. The number of ether oxygens (including phenoxy) is 3. The van der Waals surface area contributed by atoms with Crippen LogP contribution >= 0.6 is 0 Å². The first-order chi connectivity index (χ1) is 13.3. The maximum absolute atomic E-state index is 12.0. The largest absolute Gasteiger partial charge is 0.489 e. The summed E-state index contributed by atoms with van der Waals surface area (Å²) in [5, 5.41) is 5.57. The summed E-state index contributed by atoms with van der Waals surface area (Å²) in [5.41, 5.74) is 2.52. The molecule has 3 aromatic rings. The summed E-state index contributed by atoms with van der Waals surface area (Å²) in [7, 11) is 0. The molecule has 0 spiro atoms. The van der Waals surface area contributed by atoms with Crippen LogP contribution in [0.2, 0.25) is 0 Å². The minimum absolute atomic E-state index is 0.231. The SMILES string of the molecule is O=C(NCc1ccoc1)Nc1cccc(COc2ccc3c(c2)OCO3)c1. The summed E-state index contributed by atoms with van der Waals surface area (Å²) in [6.07, 6.45) is 3.16. The summed E-state index contributed by atoms with van der Waals surface area (Å²) in [6, 6.07) is 14.4. The number of carbonyl (C=O) groups excluding carboxylic acids is 1. The highest BCUT2D eigenvalue weighted by Crippen LogP contribution is 2.35. The Balaban J connectivity index is 1.31. The summed E-state index contributed by atoms with van der Waals surface area (Å²) >= 11 is 0. The molecule has 138 valence electrons. The zero-order valence-corrected chi connectivity index (χ0v) is 14.4. The van der Waals surface area contributed by atoms with Crippen molar-refractivity contribution in [2.45, 2.75) is 13.2 Å². The molecule has 2 heterocycles. The monoisotopic (exact) mass is 366 g/mol. The average Bonchev–Trinajstić information content (AvgIpc) is 3.36. The van der Waals surface area contributed by atoms with Crippen LogP contribution in [0.4, 0.5) is 10.5 Å². The Labute approximate surface area is 155 Å². The standard InChI is InChI=1S/C20H18N2O5/c23-20(21-10-15-6-7-24-11-15)22-16-3-1-2-14(8-16)12-25-17-4-5-18-19(9-17)27-13-26-18/h1-9,11H,10,12-13H2,(H2,21,22,23). The van der Waals surface area contributed by atoms with Gasteiger partial charge in [0.2, 0.25) is 6.79 Å². The highest BCUT2D eigenvalue weighted by atomic mass is 16.7. The van der Waals surface area contributed by atoms with Gasteiger partial charge in [0.1, 0.15) is 12.4 Å². The zero-order valence-electron chi connectivity index (χ0n) is 14.4. The van der Waals surface area contributed by atoms with Crippen molar-refractivity contribution in [2.75, 3.05) is 12.1 Å². The summed E-state index contributed by atoms with van der Waals surface area (Å²) in [5.74, 6) is 2.09. The fraction of sp³-hybridized carbons (Fsp3) is 0.150. The first kappa shape index (κ1) is 16.8. The van der Waals surface area contributed by atoms with Crippen molar-refractivity contribution in [3.05, 3.63) is 72.2 Å². The van der Waals surface area contributed by atoms with E-state index in [-0.39, 0.29) is 12.8 Å². The number of urea groups is 1. The third-order valence-electron chi connectivity index (χ3n) is 3.97. The molecule has 0 aliphatic carbocycles. The Hall–Kier alpha value is -3.61. The predicted molar refractivity (Wildman–Crippen MR) is 97.9 cm³/mol. The predicted octanol–water partition coefficient (Wildman–Crippen LogP) is 3.91. The van der Waals surface area contributed by atoms with E-state index in [1.807, 2.05) is 36.4 Å². The van der Waals surface area contributed by atoms with Gasteiger partial charge in [-0.05, 0) is 35.9 Å². The molecule has 1 aliphatic heterocycles. The van der Waals surface area contributed by atoms with Crippen molar-refractivity contribution < 1.29 is 23.4 Å². The molecule has 0 unspecified atom stereocenters. The van der Waals surface area contributed by atoms with Gasteiger partial charge in [-0.15, -0.1) is 0 Å². The molecule has 4 rings (SSSR count). The zero-order chi connectivity index (χ0) is 18.5. The van der Waals surface area contributed by atoms with Crippen molar-refractivity contribution in [3.63, 3.8) is 0 Å². The van der Waals surface area contributed by atoms with Crippen LogP contribution in [0.15, 0.2) is 65.5 Å². The fourth-order valence-electron chi connectivity index (χ4n) is 2.62. The quantitative estimate of drug-likeness (QED) is 0.691. The molecule has 0 radical (unpaired) electrons. The number of fused-ring (bicyclic) bond motifs is 1. The molecule has 7 heteroatoms. The third-order valence-corrected chi connectivity index (χ3v) is 3.97. The van der Waals surface area contributed by atoms with E-state index in [0.717, 1.165) is 16.9 Å². The molecule has 1 aliphatic rings. The lowest BCUT2D eigenvalue weighted by Gasteiger charge is -2.10. The van der Waals surface area contributed by atoms with Crippen molar-refractivity contribution in [1.29, 1.82) is 0 Å². The second-order valence-corrected chi connectivity index (χ2v) is 5.94. The number of rotatable bonds is 6. The summed E-state index contributed by atoms with van der Waals surface area (Å²) in [4.78, 5) is 12.0. The Bertz CT molecular complexity index is 924. The molecule has 0 saturated heterocycles. The van der Waals surface area contributed by atoms with Crippen molar-refractivity contribution >= 4 is 11.7 Å². The average molecular weight is 366 g/mol. The van der Waals surface area contributed by atoms with E-state index in [0.29, 0.717) is 30.3 Å². The normalized spacial score (nSPS) is 11.9. The number of furan rings is 1. The molecule has 2 aromatic carbocycles. The van der Waals surface area contributed by atoms with Gasteiger partial charge in [0.25, 0.3) is 0 Å². The van der Waals surface area contributed by atoms with E-state index >= 15 is 0 Å². The minimum Gasteiger partial charge on any atom is -0.489 e. The molecule has 1 aromatic heterocycles. The van der Waals surface area contributed by atoms with Crippen LogP contribution in [0.25, 0.3) is 0 Å². The molecule has 0 fully saturated rings. The van der Waals surface area contributed by atoms with E-state index in [4.69, 9.17) is 18.6 Å². The molecule has 7 nitrogen and oxygen atoms in total. The second kappa shape index (κ2) is 7.74. The Morgan fingerprint density at radius 2 is 1.96 bits per heavy atom. The van der Waals surface area contributed by atoms with E-state index < -0.39 is 0 Å². The lowest BCUT2D eigenvalue weighted by Crippen LogP contribution is -2.28. The fourth-order valence-corrected chi connectivity index (χ4v) is 2.62. The lowest BCUT2D eigenvalue weighted by molar-refractivity contribution is 0.173. The van der Waals surface area contributed by atoms with Crippen LogP contribution in [0.1, 0.15) is 11.1 Å². The Kier molecular flexibility index (Phi) is 4.82. The number of hydrogen-bond acceptors (Lipinski definition) is 5. The first-order valence-corrected chi connectivity index (χ1v) is 8.43. The number of hydrogen-bond donors (Lipinski definition) is 2. The molecule has 2 N–H and O–H groups in total. The molecule has 2 amide bonds. The number of anilines is 1. The molecule has 0 saturated carbocycles. The maximum Gasteiger partial charge on any atom is 0.319 e. The smallest absolute Gasteiger partial charge is 0.319 e. The van der Waals surface area contributed by atoms with Gasteiger partial charge in [0, 0.05) is 23.9 Å². The Morgan fingerprint density at radius 3 is 2.85 bits per heavy atom. The van der Waals surface area contributed by atoms with Crippen LogP contribution < -0.4 is 24.8 Å². The van der Waals surface area contributed by atoms with E-state index in [1.165, 1.54) is 0 Å². The number of amides is 2. The van der Waals surface area contributed by atoms with Crippen LogP contribution in [-0.4, -0.2) is 12.8 Å². The van der Waals surface area contributed by atoms with Crippen molar-refractivity contribution in [3.8, 4) is 17.2 Å². The lowest BCUT2D eigenvalue weighted by atomic mass is 10.2. The highest BCUT2D eigenvalue weighted by molar-refractivity contribution is 5.89. The molecule has 0 bridgehead atoms. The highest BCUT2D eigenvalue weighted by Gasteiger charge is 2.13. The summed E-state index contributed by atoms with van der Waals surface area (Å²) < 4.78 is 21.4. The van der Waals surface area contributed by atoms with Crippen molar-refractivity contribution in [2.24, 2.45) is 0 Å². The van der Waals surface area contributed by atoms with Gasteiger partial charge >= 0.3 is 6.03 Å². The minimum atomic E-state index is -0.287. The van der Waals surface area contributed by atoms with Gasteiger partial charge in [-0.1, -0.05) is 12.1 Å². The van der Waals surface area contributed by atoms with E-state index in [9.17, 15) is 4.79 Å². The second-order valence-electron chi connectivity index (χ2n) is 5.94. The van der Waals surface area contributed by atoms with Gasteiger partial charge in [-0.2, -0.15) is 0 Å². The van der Waals surface area contributed by atoms with Crippen LogP contribution in [0.3, 0.4) is 0 Å². The van der Waals surface area contributed by atoms with Crippen LogP contribution in [-0.2, 0) is 13.2 Å². The van der Waals surface area contributed by atoms with Gasteiger partial charge in [-0.25, -0.2) is 4.79 Å². The maximum atomic E-state index is 12.0. The van der Waals surface area contributed by atoms with Gasteiger partial charge in [0.15, 0.2) is 11.5 Å². The summed E-state index contributed by atoms with van der Waals surface area (Å²) in [6.45, 7) is 0.996. The van der Waals surface area contributed by atoms with Crippen LogP contribution in [0.5, 0.6) is 17.2 Å². The van der Waals surface area contributed by atoms with E-state index in [1.54, 1.807) is 24.7 Å². The van der Waals surface area contributed by atoms with Gasteiger partial charge in [-0.3, -0.25) is 0 Å². The van der Waals surface area contributed by atoms with Crippen LogP contribution in [0, 0.1) is 0 Å². The molecule has 27 heavy (non-hydrogen) atoms. The van der Waals surface area contributed by atoms with Gasteiger partial charge in [0.05, 0.1) is 12.5 Å². The first-order valence-electron chi connectivity index (χ1n) is 8.43. The number of benzene rings is 2. The molecule has 0 atom stereocenters.